The number of rotatable bonds is 10. The van der Waals surface area contributed by atoms with Crippen LogP contribution in [0.1, 0.15) is 21.5 Å². The number of benzene rings is 3. The Bertz CT molecular complexity index is 1120. The van der Waals surface area contributed by atoms with Crippen LogP contribution in [0.2, 0.25) is 5.02 Å². The highest BCUT2D eigenvalue weighted by Gasteiger charge is 2.20. The summed E-state index contributed by atoms with van der Waals surface area (Å²) in [5, 5.41) is 9.52. The number of methoxy groups -OCH3 is 2. The smallest absolute Gasteiger partial charge is 0.339 e. The van der Waals surface area contributed by atoms with Gasteiger partial charge in [-0.2, -0.15) is 0 Å². The molecule has 0 aliphatic carbocycles. The maximum absolute atomic E-state index is 13.2. The third-order valence-electron chi connectivity index (χ3n) is 4.98. The average molecular weight is 470 g/mol. The Morgan fingerprint density at radius 2 is 1.64 bits per heavy atom. The predicted octanol–water partition coefficient (Wildman–Crippen LogP) is 4.66. The fraction of sp³-hybridized carbons (Fsp3) is 0.200. The molecule has 1 N–H and O–H groups in total. The number of hydrogen-bond donors (Lipinski definition) is 1. The Labute approximate surface area is 197 Å². The van der Waals surface area contributed by atoms with Crippen LogP contribution >= 0.6 is 11.6 Å². The van der Waals surface area contributed by atoms with Gasteiger partial charge in [-0.1, -0.05) is 48.0 Å². The van der Waals surface area contributed by atoms with E-state index >= 15 is 0 Å². The van der Waals surface area contributed by atoms with Crippen LogP contribution in [0, 0.1) is 0 Å². The normalized spacial score (nSPS) is 10.4. The van der Waals surface area contributed by atoms with Gasteiger partial charge in [0, 0.05) is 18.7 Å². The van der Waals surface area contributed by atoms with Crippen molar-refractivity contribution in [3.63, 3.8) is 0 Å². The zero-order valence-corrected chi connectivity index (χ0v) is 19.0. The van der Waals surface area contributed by atoms with Crippen LogP contribution in [0.5, 0.6) is 17.2 Å². The van der Waals surface area contributed by atoms with Crippen molar-refractivity contribution in [3.8, 4) is 17.2 Å². The van der Waals surface area contributed by atoms with Gasteiger partial charge in [-0.05, 0) is 35.9 Å². The first-order valence-electron chi connectivity index (χ1n) is 10.1. The number of amides is 1. The fourth-order valence-electron chi connectivity index (χ4n) is 3.27. The molecule has 3 aromatic rings. The third kappa shape index (κ3) is 6.17. The highest BCUT2D eigenvalue weighted by atomic mass is 35.5. The lowest BCUT2D eigenvalue weighted by Crippen LogP contribution is -2.34. The molecule has 8 heteroatoms. The van der Waals surface area contributed by atoms with Crippen LogP contribution in [0.3, 0.4) is 0 Å². The molecule has 172 valence electrons. The minimum atomic E-state index is -1.19. The van der Waals surface area contributed by atoms with Crippen LogP contribution in [0.15, 0.2) is 66.7 Å². The molecule has 0 aromatic heterocycles. The van der Waals surface area contributed by atoms with Crippen molar-refractivity contribution in [3.05, 3.63) is 88.4 Å². The molecule has 0 saturated carbocycles. The van der Waals surface area contributed by atoms with E-state index in [9.17, 15) is 14.7 Å². The number of halogens is 1. The van der Waals surface area contributed by atoms with E-state index in [1.807, 2.05) is 48.5 Å². The molecule has 33 heavy (non-hydrogen) atoms. The van der Waals surface area contributed by atoms with E-state index in [-0.39, 0.29) is 35.4 Å². The van der Waals surface area contributed by atoms with Gasteiger partial charge in [0.25, 0.3) is 5.91 Å². The van der Waals surface area contributed by atoms with Gasteiger partial charge < -0.3 is 24.2 Å². The molecule has 0 spiro atoms. The molecule has 0 saturated heterocycles. The summed E-state index contributed by atoms with van der Waals surface area (Å²) in [6.07, 6.45) is 0. The van der Waals surface area contributed by atoms with Gasteiger partial charge in [-0.15, -0.1) is 0 Å². The molecule has 0 unspecified atom stereocenters. The summed E-state index contributed by atoms with van der Waals surface area (Å²) in [5.41, 5.74) is 1.61. The van der Waals surface area contributed by atoms with E-state index in [4.69, 9.17) is 25.8 Å². The Kier molecular flexibility index (Phi) is 8.16. The SMILES string of the molecule is COc1ccc(CN(Cc2ccccc2OC)C(=O)COc2c(Cl)cccc2C(=O)O)cc1. The first kappa shape index (κ1) is 23.9. The van der Waals surface area contributed by atoms with Gasteiger partial charge in [-0.25, -0.2) is 4.79 Å². The first-order chi connectivity index (χ1) is 15.9. The maximum atomic E-state index is 13.2. The fourth-order valence-corrected chi connectivity index (χ4v) is 3.50. The summed E-state index contributed by atoms with van der Waals surface area (Å²) >= 11 is 6.12. The van der Waals surface area contributed by atoms with Gasteiger partial charge >= 0.3 is 5.97 Å². The topological polar surface area (TPSA) is 85.3 Å². The van der Waals surface area contributed by atoms with Gasteiger partial charge in [0.05, 0.1) is 19.2 Å². The standard InChI is InChI=1S/C25H24ClNO6/c1-31-19-12-10-17(11-13-19)14-27(15-18-6-3-4-9-22(18)32-2)23(28)16-33-24-20(25(29)30)7-5-8-21(24)26/h3-13H,14-16H2,1-2H3,(H,29,30). The number of carboxylic acid groups (broad SMARTS) is 1. The van der Waals surface area contributed by atoms with Crippen molar-refractivity contribution >= 4 is 23.5 Å². The Balaban J connectivity index is 1.83. The summed E-state index contributed by atoms with van der Waals surface area (Å²) in [7, 11) is 3.16. The lowest BCUT2D eigenvalue weighted by atomic mass is 10.1. The van der Waals surface area contributed by atoms with E-state index in [0.717, 1.165) is 11.1 Å². The second-order valence-corrected chi connectivity index (χ2v) is 7.53. The summed E-state index contributed by atoms with van der Waals surface area (Å²) in [6.45, 7) is 0.195. The van der Waals surface area contributed by atoms with Crippen LogP contribution in [-0.2, 0) is 17.9 Å². The van der Waals surface area contributed by atoms with E-state index in [2.05, 4.69) is 0 Å². The van der Waals surface area contributed by atoms with Crippen molar-refractivity contribution < 1.29 is 28.9 Å². The van der Waals surface area contributed by atoms with Crippen molar-refractivity contribution in [2.75, 3.05) is 20.8 Å². The van der Waals surface area contributed by atoms with Gasteiger partial charge in [-0.3, -0.25) is 4.79 Å². The molecule has 1 amide bonds. The number of ether oxygens (including phenoxy) is 3. The minimum Gasteiger partial charge on any atom is -0.497 e. The summed E-state index contributed by atoms with van der Waals surface area (Å²) in [6, 6.07) is 19.2. The van der Waals surface area contributed by atoms with Crippen LogP contribution in [0.25, 0.3) is 0 Å². The first-order valence-corrected chi connectivity index (χ1v) is 10.5. The maximum Gasteiger partial charge on any atom is 0.339 e. The Morgan fingerprint density at radius 1 is 0.909 bits per heavy atom. The Morgan fingerprint density at radius 3 is 2.30 bits per heavy atom. The van der Waals surface area contributed by atoms with E-state index in [1.54, 1.807) is 19.1 Å². The number of para-hydroxylation sites is 2. The van der Waals surface area contributed by atoms with Crippen LogP contribution in [-0.4, -0.2) is 42.7 Å². The predicted molar refractivity (Wildman–Crippen MR) is 124 cm³/mol. The number of nitrogens with zero attached hydrogens (tertiary/aromatic N) is 1. The van der Waals surface area contributed by atoms with Crippen molar-refractivity contribution in [2.24, 2.45) is 0 Å². The van der Waals surface area contributed by atoms with Gasteiger partial charge in [0.2, 0.25) is 0 Å². The minimum absolute atomic E-state index is 0.0401. The molecule has 0 bridgehead atoms. The average Bonchev–Trinajstić information content (AvgIpc) is 2.83. The zero-order chi connectivity index (χ0) is 23.8. The molecule has 0 fully saturated rings. The molecule has 0 radical (unpaired) electrons. The molecule has 7 nitrogen and oxygen atoms in total. The molecular formula is C25H24ClNO6. The molecule has 0 aliphatic heterocycles. The summed E-state index contributed by atoms with van der Waals surface area (Å²) in [5.74, 6) is -0.200. The highest BCUT2D eigenvalue weighted by molar-refractivity contribution is 6.32. The quantitative estimate of drug-likeness (QED) is 0.464. The second kappa shape index (κ2) is 11.2. The van der Waals surface area contributed by atoms with Crippen molar-refractivity contribution in [1.29, 1.82) is 0 Å². The molecule has 0 heterocycles. The summed E-state index contributed by atoms with van der Waals surface area (Å²) < 4.78 is 16.2. The number of aromatic carboxylic acids is 1. The van der Waals surface area contributed by atoms with E-state index < -0.39 is 5.97 Å². The molecule has 3 rings (SSSR count). The van der Waals surface area contributed by atoms with Gasteiger partial charge in [0.15, 0.2) is 12.4 Å². The zero-order valence-electron chi connectivity index (χ0n) is 18.3. The van der Waals surface area contributed by atoms with Gasteiger partial charge in [0.1, 0.15) is 17.1 Å². The third-order valence-corrected chi connectivity index (χ3v) is 5.27. The van der Waals surface area contributed by atoms with Crippen LogP contribution < -0.4 is 14.2 Å². The van der Waals surface area contributed by atoms with Crippen LogP contribution in [0.4, 0.5) is 0 Å². The Hall–Kier alpha value is -3.71. The number of carbonyl (C=O) groups is 2. The number of hydrogen-bond acceptors (Lipinski definition) is 5. The van der Waals surface area contributed by atoms with E-state index in [0.29, 0.717) is 18.0 Å². The van der Waals surface area contributed by atoms with E-state index in [1.165, 1.54) is 18.2 Å². The lowest BCUT2D eigenvalue weighted by Gasteiger charge is -2.24. The molecular weight excluding hydrogens is 446 g/mol. The lowest BCUT2D eigenvalue weighted by molar-refractivity contribution is -0.134. The molecule has 0 atom stereocenters. The van der Waals surface area contributed by atoms with Crippen molar-refractivity contribution in [1.82, 2.24) is 4.90 Å². The largest absolute Gasteiger partial charge is 0.497 e. The van der Waals surface area contributed by atoms with Crippen molar-refractivity contribution in [2.45, 2.75) is 13.1 Å². The summed E-state index contributed by atoms with van der Waals surface area (Å²) in [4.78, 5) is 26.3. The molecule has 3 aromatic carbocycles. The molecule has 0 aliphatic rings. The number of carbonyl (C=O) groups excluding carboxylic acids is 1. The second-order valence-electron chi connectivity index (χ2n) is 7.12. The monoisotopic (exact) mass is 469 g/mol. The highest BCUT2D eigenvalue weighted by Crippen LogP contribution is 2.29. The number of carboxylic acids is 1.